The fraction of sp³-hybridized carbons (Fsp3) is 0.0250. The number of para-hydroxylation sites is 2. The number of aromatic nitrogens is 3. The summed E-state index contributed by atoms with van der Waals surface area (Å²) in [7, 11) is 0. The van der Waals surface area contributed by atoms with Crippen molar-refractivity contribution in [2.24, 2.45) is 30.0 Å². The second-order valence-corrected chi connectivity index (χ2v) is 12.1. The van der Waals surface area contributed by atoms with Crippen LogP contribution in [0.3, 0.4) is 0 Å². The third kappa shape index (κ3) is 5.73. The molecule has 4 heterocycles. The first-order valence-corrected chi connectivity index (χ1v) is 16.4. The van der Waals surface area contributed by atoms with Crippen LogP contribution in [0, 0.1) is 83.9 Å². The van der Waals surface area contributed by atoms with Crippen molar-refractivity contribution in [2.75, 3.05) is 0 Å². The zero-order chi connectivity index (χ0) is 41.7. The predicted molar refractivity (Wildman–Crippen MR) is 191 cm³/mol. The first kappa shape index (κ1) is 36.5. The number of hydrogen-bond donors (Lipinski definition) is 0. The van der Waals surface area contributed by atoms with Crippen LogP contribution in [0.4, 0.5) is 17.6 Å². The van der Waals surface area contributed by atoms with E-state index in [1.807, 2.05) is 12.1 Å². The summed E-state index contributed by atoms with van der Waals surface area (Å²) in [5.41, 5.74) is -4.33. The average Bonchev–Trinajstić information content (AvgIpc) is 4.01. The largest absolute Gasteiger partial charge is 0.305 e. The van der Waals surface area contributed by atoms with Crippen LogP contribution < -0.4 is 32.1 Å². The van der Waals surface area contributed by atoms with Gasteiger partial charge in [-0.1, -0.05) is 12.1 Å². The highest BCUT2D eigenvalue weighted by atomic mass is 19.2. The number of fused-ring (bicyclic) bond motifs is 3. The Bertz CT molecular complexity index is 3560. The number of rotatable bonds is 4. The minimum atomic E-state index is -1.84. The van der Waals surface area contributed by atoms with E-state index in [0.29, 0.717) is 10.7 Å². The lowest BCUT2D eigenvalue weighted by atomic mass is 10.0. The zero-order valence-electron chi connectivity index (χ0n) is 29.3. The van der Waals surface area contributed by atoms with Gasteiger partial charge in [-0.3, -0.25) is 0 Å². The summed E-state index contributed by atoms with van der Waals surface area (Å²) in [5, 5.41) is 31.1. The molecule has 0 atom stereocenters. The topological polar surface area (TPSA) is 197 Å². The van der Waals surface area contributed by atoms with Crippen molar-refractivity contribution in [1.29, 1.82) is 15.8 Å². The van der Waals surface area contributed by atoms with Gasteiger partial charge in [0.05, 0.1) is 63.9 Å². The molecule has 4 aromatic carbocycles. The Hall–Kier alpha value is -9.43. The van der Waals surface area contributed by atoms with Crippen molar-refractivity contribution in [2.45, 2.75) is 6.92 Å². The van der Waals surface area contributed by atoms with E-state index in [1.54, 1.807) is 30.3 Å². The lowest BCUT2D eigenvalue weighted by Crippen LogP contribution is -2.26. The lowest BCUT2D eigenvalue weighted by Gasteiger charge is -2.10. The van der Waals surface area contributed by atoms with E-state index < -0.39 is 51.6 Å². The number of nitriles is 3. The average molecular weight is 778 g/mol. The van der Waals surface area contributed by atoms with E-state index in [-0.39, 0.29) is 78.5 Å². The van der Waals surface area contributed by atoms with Gasteiger partial charge in [-0.05, 0) is 43.3 Å². The molecule has 0 amide bonds. The maximum absolute atomic E-state index is 15.1. The molecule has 0 radical (unpaired) electrons. The molecule has 15 nitrogen and oxygen atoms in total. The number of allylic oxidation sites excluding steroid dienone is 1. The fourth-order valence-electron chi connectivity index (χ4n) is 6.10. The van der Waals surface area contributed by atoms with Crippen LogP contribution in [0.25, 0.3) is 48.7 Å². The number of hydrogen-bond acceptors (Lipinski definition) is 12. The van der Waals surface area contributed by atoms with Gasteiger partial charge in [0.15, 0.2) is 58.2 Å². The predicted octanol–water partition coefficient (Wildman–Crippen LogP) is 3.68. The van der Waals surface area contributed by atoms with Crippen LogP contribution in [0.15, 0.2) is 102 Å². The Kier molecular flexibility index (Phi) is 8.68. The molecular formula is C40H11F4N15. The van der Waals surface area contributed by atoms with E-state index >= 15 is 8.78 Å². The van der Waals surface area contributed by atoms with Crippen LogP contribution in [0.5, 0.6) is 0 Å². The smallest absolute Gasteiger partial charge is 0.239 e. The SMILES string of the molecule is [C-]#[N+]C(=C1N=c2ccccc2=N1)c1nc(-c2ccc3c(c2C#N)=N/C(=C(\[N+]#[C-])c2c(F)c(F)c(C)c(F)c2F)N=3)nc(-c2ccc3c(c2C#N)=N/C(=C(\C#N)[N+]#[C-])N=3)n1. The van der Waals surface area contributed by atoms with E-state index in [1.165, 1.54) is 24.3 Å². The zero-order valence-corrected chi connectivity index (χ0v) is 29.3. The van der Waals surface area contributed by atoms with Gasteiger partial charge in [-0.2, -0.15) is 10.5 Å². The minimum absolute atomic E-state index is 0.00621. The maximum atomic E-state index is 15.1. The second kappa shape index (κ2) is 14.0. The second-order valence-electron chi connectivity index (χ2n) is 12.1. The van der Waals surface area contributed by atoms with Crippen molar-refractivity contribution in [1.82, 2.24) is 15.0 Å². The van der Waals surface area contributed by atoms with E-state index in [0.717, 1.165) is 6.92 Å². The Morgan fingerprint density at radius 1 is 0.559 bits per heavy atom. The van der Waals surface area contributed by atoms with E-state index in [2.05, 4.69) is 59.4 Å². The molecule has 19 heteroatoms. The van der Waals surface area contributed by atoms with Crippen LogP contribution in [0.2, 0.25) is 0 Å². The lowest BCUT2D eigenvalue weighted by molar-refractivity contribution is 0.441. The van der Waals surface area contributed by atoms with Gasteiger partial charge in [-0.25, -0.2) is 82.3 Å². The normalized spacial score (nSPS) is 14.3. The van der Waals surface area contributed by atoms with Crippen LogP contribution in [0.1, 0.15) is 28.1 Å². The Balaban J connectivity index is 1.40. The van der Waals surface area contributed by atoms with Gasteiger partial charge >= 0.3 is 5.70 Å². The van der Waals surface area contributed by atoms with E-state index in [9.17, 15) is 24.6 Å². The van der Waals surface area contributed by atoms with Crippen molar-refractivity contribution in [3.05, 3.63) is 189 Å². The summed E-state index contributed by atoms with van der Waals surface area (Å²) in [4.78, 5) is 49.1. The summed E-state index contributed by atoms with van der Waals surface area (Å²) in [6, 6.07) is 18.1. The van der Waals surface area contributed by atoms with Gasteiger partial charge in [-0.15, -0.1) is 0 Å². The van der Waals surface area contributed by atoms with Gasteiger partial charge in [0.25, 0.3) is 5.70 Å². The number of benzene rings is 4. The van der Waals surface area contributed by atoms with Crippen LogP contribution >= 0.6 is 0 Å². The molecule has 0 aliphatic carbocycles. The summed E-state index contributed by atoms with van der Waals surface area (Å²) in [6.07, 6.45) is 0. The van der Waals surface area contributed by atoms with Crippen LogP contribution in [-0.4, -0.2) is 15.0 Å². The third-order valence-corrected chi connectivity index (χ3v) is 8.88. The van der Waals surface area contributed by atoms with Gasteiger partial charge in [0.2, 0.25) is 5.70 Å². The number of nitrogens with zero attached hydrogens (tertiary/aromatic N) is 15. The van der Waals surface area contributed by atoms with Crippen molar-refractivity contribution in [3.8, 4) is 41.0 Å². The summed E-state index contributed by atoms with van der Waals surface area (Å²) >= 11 is 0. The van der Waals surface area contributed by atoms with Crippen molar-refractivity contribution < 1.29 is 17.6 Å². The number of halogens is 4. The van der Waals surface area contributed by atoms with Crippen molar-refractivity contribution >= 4 is 11.4 Å². The highest BCUT2D eigenvalue weighted by Gasteiger charge is 2.29. The Labute approximate surface area is 326 Å². The molecular weight excluding hydrogens is 767 g/mol. The first-order valence-electron chi connectivity index (χ1n) is 16.4. The summed E-state index contributed by atoms with van der Waals surface area (Å²) < 4.78 is 59.2. The molecule has 5 aromatic rings. The summed E-state index contributed by atoms with van der Waals surface area (Å²) in [6.45, 7) is 23.8. The van der Waals surface area contributed by atoms with Gasteiger partial charge < -0.3 is 0 Å². The molecule has 0 saturated carbocycles. The molecule has 0 bridgehead atoms. The molecule has 0 fully saturated rings. The Morgan fingerprint density at radius 3 is 1.51 bits per heavy atom. The highest BCUT2D eigenvalue weighted by molar-refractivity contribution is 5.77. The summed E-state index contributed by atoms with van der Waals surface area (Å²) in [5.74, 6) is -8.79. The fourth-order valence-corrected chi connectivity index (χ4v) is 6.10. The molecule has 0 saturated heterocycles. The van der Waals surface area contributed by atoms with Gasteiger partial charge in [0.1, 0.15) is 22.9 Å². The van der Waals surface area contributed by atoms with E-state index in [4.69, 9.17) is 19.7 Å². The molecule has 59 heavy (non-hydrogen) atoms. The molecule has 0 N–H and O–H groups in total. The third-order valence-electron chi connectivity index (χ3n) is 8.88. The molecule has 0 spiro atoms. The standard InChI is InChI=1S/C40H11F4N15/c1-16-27(41)29(43)26(30(44)28(16)42)33(49-3)38-54-24-12-10-18(20(14-46)32(24)56-38)36-57-35(17-9-11-23-31(19(17)13-45)55-37(53-23)25(15-47)48-2)58-40(59-36)34(50-4)39-51-21-7-5-6-8-22(21)52-39/h5-12H,1H3/b37-25+,38-33-. The quantitative estimate of drug-likeness (QED) is 0.115. The Morgan fingerprint density at radius 2 is 1.03 bits per heavy atom. The molecule has 8 rings (SSSR count). The maximum Gasteiger partial charge on any atom is 0.305 e. The van der Waals surface area contributed by atoms with Gasteiger partial charge in [0, 0.05) is 16.7 Å². The minimum Gasteiger partial charge on any atom is -0.239 e. The monoisotopic (exact) mass is 777 g/mol. The van der Waals surface area contributed by atoms with Crippen LogP contribution in [-0.2, 0) is 0 Å². The van der Waals surface area contributed by atoms with Crippen molar-refractivity contribution in [3.63, 3.8) is 0 Å². The molecule has 0 unspecified atom stereocenters. The molecule has 1 aromatic heterocycles. The first-order chi connectivity index (χ1) is 28.5. The molecule has 3 aliphatic rings. The highest BCUT2D eigenvalue weighted by Crippen LogP contribution is 2.33. The molecule has 274 valence electrons. The molecule has 3 aliphatic heterocycles.